The van der Waals surface area contributed by atoms with E-state index in [-0.39, 0.29) is 15.7 Å². The van der Waals surface area contributed by atoms with E-state index in [9.17, 15) is 22.8 Å². The Morgan fingerprint density at radius 2 is 1.46 bits per heavy atom. The number of halogens is 5. The van der Waals surface area contributed by atoms with Gasteiger partial charge in [-0.15, -0.1) is 0 Å². The molecule has 0 aliphatic heterocycles. The number of anilines is 2. The number of rotatable bonds is 4. The van der Waals surface area contributed by atoms with E-state index in [4.69, 9.17) is 23.2 Å². The standard InChI is InChI=1S/C15H9Cl2F3N2O2/c16-7-2-1-3-8(17)15(7)22-12(24)6-11(23)21-10-5-4-9(18)13(19)14(10)20/h1-5H,6H2,(H,21,23)(H,22,24). The van der Waals surface area contributed by atoms with Crippen molar-refractivity contribution in [2.24, 2.45) is 0 Å². The van der Waals surface area contributed by atoms with Gasteiger partial charge in [-0.25, -0.2) is 13.2 Å². The summed E-state index contributed by atoms with van der Waals surface area (Å²) in [6.07, 6.45) is -0.708. The third-order valence-corrected chi connectivity index (χ3v) is 3.49. The summed E-state index contributed by atoms with van der Waals surface area (Å²) in [7, 11) is 0. The molecule has 0 radical (unpaired) electrons. The molecule has 2 rings (SSSR count). The summed E-state index contributed by atoms with van der Waals surface area (Å²) in [5.74, 6) is -6.37. The molecule has 0 aliphatic rings. The van der Waals surface area contributed by atoms with Gasteiger partial charge in [0.05, 0.1) is 21.4 Å². The third-order valence-electron chi connectivity index (χ3n) is 2.86. The SMILES string of the molecule is O=C(CC(=O)Nc1c(Cl)cccc1Cl)Nc1ccc(F)c(F)c1F. The molecule has 0 heterocycles. The summed E-state index contributed by atoms with van der Waals surface area (Å²) in [6, 6.07) is 6.03. The average molecular weight is 377 g/mol. The lowest BCUT2D eigenvalue weighted by atomic mass is 10.2. The van der Waals surface area contributed by atoms with Crippen molar-refractivity contribution in [3.8, 4) is 0 Å². The summed E-state index contributed by atoms with van der Waals surface area (Å²) in [4.78, 5) is 23.5. The number of carbonyl (C=O) groups is 2. The zero-order valence-electron chi connectivity index (χ0n) is 11.8. The molecule has 0 bridgehead atoms. The largest absolute Gasteiger partial charge is 0.323 e. The van der Waals surface area contributed by atoms with Gasteiger partial charge < -0.3 is 10.6 Å². The van der Waals surface area contributed by atoms with Crippen molar-refractivity contribution in [2.75, 3.05) is 10.6 Å². The second-order valence-electron chi connectivity index (χ2n) is 4.59. The van der Waals surface area contributed by atoms with Crippen LogP contribution in [0, 0.1) is 17.5 Å². The monoisotopic (exact) mass is 376 g/mol. The average Bonchev–Trinajstić information content (AvgIpc) is 2.51. The Labute approximate surface area is 144 Å². The van der Waals surface area contributed by atoms with Crippen molar-refractivity contribution in [1.82, 2.24) is 0 Å². The van der Waals surface area contributed by atoms with Crippen LogP contribution in [-0.2, 0) is 9.59 Å². The molecule has 0 aliphatic carbocycles. The van der Waals surface area contributed by atoms with E-state index in [1.54, 1.807) is 6.07 Å². The van der Waals surface area contributed by atoms with Gasteiger partial charge in [-0.3, -0.25) is 9.59 Å². The first kappa shape index (κ1) is 18.1. The van der Waals surface area contributed by atoms with E-state index >= 15 is 0 Å². The van der Waals surface area contributed by atoms with E-state index in [1.165, 1.54) is 12.1 Å². The van der Waals surface area contributed by atoms with Gasteiger partial charge in [0, 0.05) is 0 Å². The molecule has 2 aromatic carbocycles. The summed E-state index contributed by atoms with van der Waals surface area (Å²) < 4.78 is 39.3. The molecule has 4 nitrogen and oxygen atoms in total. The molecular formula is C15H9Cl2F3N2O2. The first-order valence-corrected chi connectivity index (χ1v) is 7.22. The van der Waals surface area contributed by atoms with Gasteiger partial charge in [0.2, 0.25) is 11.8 Å². The van der Waals surface area contributed by atoms with Gasteiger partial charge in [-0.2, -0.15) is 0 Å². The van der Waals surface area contributed by atoms with Crippen molar-refractivity contribution >= 4 is 46.4 Å². The van der Waals surface area contributed by atoms with Gasteiger partial charge in [-0.05, 0) is 24.3 Å². The summed E-state index contributed by atoms with van der Waals surface area (Å²) >= 11 is 11.7. The lowest BCUT2D eigenvalue weighted by molar-refractivity contribution is -0.123. The Kier molecular flexibility index (Phi) is 5.69. The number of hydrogen-bond acceptors (Lipinski definition) is 2. The number of hydrogen-bond donors (Lipinski definition) is 2. The molecule has 0 saturated carbocycles. The van der Waals surface area contributed by atoms with Crippen LogP contribution in [0.1, 0.15) is 6.42 Å². The van der Waals surface area contributed by atoms with E-state index < -0.39 is 41.4 Å². The van der Waals surface area contributed by atoms with E-state index in [0.717, 1.165) is 6.07 Å². The van der Waals surface area contributed by atoms with Crippen LogP contribution in [0.3, 0.4) is 0 Å². The molecule has 0 aromatic heterocycles. The predicted molar refractivity (Wildman–Crippen MR) is 84.7 cm³/mol. The van der Waals surface area contributed by atoms with Crippen molar-refractivity contribution in [1.29, 1.82) is 0 Å². The highest BCUT2D eigenvalue weighted by Crippen LogP contribution is 2.29. The summed E-state index contributed by atoms with van der Waals surface area (Å²) in [5, 5.41) is 4.65. The molecule has 126 valence electrons. The molecule has 24 heavy (non-hydrogen) atoms. The molecular weight excluding hydrogens is 368 g/mol. The van der Waals surface area contributed by atoms with Crippen molar-refractivity contribution in [3.05, 3.63) is 57.8 Å². The second kappa shape index (κ2) is 7.55. The Balaban J connectivity index is 2.02. The van der Waals surface area contributed by atoms with Gasteiger partial charge in [0.25, 0.3) is 0 Å². The molecule has 2 amide bonds. The number of para-hydroxylation sites is 1. The number of benzene rings is 2. The lowest BCUT2D eigenvalue weighted by Crippen LogP contribution is -2.22. The predicted octanol–water partition coefficient (Wildman–Crippen LogP) is 4.38. The minimum absolute atomic E-state index is 0.123. The summed E-state index contributed by atoms with van der Waals surface area (Å²) in [6.45, 7) is 0. The Bertz CT molecular complexity index is 795. The minimum Gasteiger partial charge on any atom is -0.323 e. The smallest absolute Gasteiger partial charge is 0.233 e. The van der Waals surface area contributed by atoms with Crippen LogP contribution < -0.4 is 10.6 Å². The molecule has 2 aromatic rings. The van der Waals surface area contributed by atoms with Crippen molar-refractivity contribution in [3.63, 3.8) is 0 Å². The van der Waals surface area contributed by atoms with Gasteiger partial charge >= 0.3 is 0 Å². The molecule has 0 saturated heterocycles. The number of nitrogens with one attached hydrogen (secondary N) is 2. The Morgan fingerprint density at radius 1 is 0.875 bits per heavy atom. The highest BCUT2D eigenvalue weighted by molar-refractivity contribution is 6.39. The van der Waals surface area contributed by atoms with Gasteiger partial charge in [-0.1, -0.05) is 29.3 Å². The lowest BCUT2D eigenvalue weighted by Gasteiger charge is -2.10. The maximum atomic E-state index is 13.4. The molecule has 0 unspecified atom stereocenters. The maximum absolute atomic E-state index is 13.4. The molecule has 9 heteroatoms. The van der Waals surface area contributed by atoms with Gasteiger partial charge in [0.1, 0.15) is 6.42 Å². The van der Waals surface area contributed by atoms with Crippen LogP contribution in [0.5, 0.6) is 0 Å². The molecule has 2 N–H and O–H groups in total. The van der Waals surface area contributed by atoms with Crippen LogP contribution in [0.4, 0.5) is 24.5 Å². The van der Waals surface area contributed by atoms with E-state index in [0.29, 0.717) is 6.07 Å². The zero-order chi connectivity index (χ0) is 17.9. The molecule has 0 spiro atoms. The first-order chi connectivity index (χ1) is 11.3. The fourth-order valence-corrected chi connectivity index (χ4v) is 2.26. The maximum Gasteiger partial charge on any atom is 0.233 e. The van der Waals surface area contributed by atoms with Crippen LogP contribution in [0.2, 0.25) is 10.0 Å². The number of carbonyl (C=O) groups excluding carboxylic acids is 2. The molecule has 0 atom stereocenters. The Hall–Kier alpha value is -2.25. The second-order valence-corrected chi connectivity index (χ2v) is 5.41. The quantitative estimate of drug-likeness (QED) is 0.614. The number of amides is 2. The summed E-state index contributed by atoms with van der Waals surface area (Å²) in [5.41, 5.74) is -0.458. The Morgan fingerprint density at radius 3 is 2.08 bits per heavy atom. The van der Waals surface area contributed by atoms with Crippen LogP contribution >= 0.6 is 23.2 Å². The van der Waals surface area contributed by atoms with E-state index in [2.05, 4.69) is 5.32 Å². The van der Waals surface area contributed by atoms with Crippen molar-refractivity contribution < 1.29 is 22.8 Å². The van der Waals surface area contributed by atoms with Crippen LogP contribution in [0.25, 0.3) is 0 Å². The first-order valence-electron chi connectivity index (χ1n) is 6.46. The van der Waals surface area contributed by atoms with Crippen molar-refractivity contribution in [2.45, 2.75) is 6.42 Å². The van der Waals surface area contributed by atoms with E-state index in [1.807, 2.05) is 5.32 Å². The minimum atomic E-state index is -1.72. The molecule has 0 fully saturated rings. The zero-order valence-corrected chi connectivity index (χ0v) is 13.3. The van der Waals surface area contributed by atoms with Crippen LogP contribution in [0.15, 0.2) is 30.3 Å². The van der Waals surface area contributed by atoms with Gasteiger partial charge in [0.15, 0.2) is 17.5 Å². The van der Waals surface area contributed by atoms with Crippen LogP contribution in [-0.4, -0.2) is 11.8 Å². The fraction of sp³-hybridized carbons (Fsp3) is 0.0667. The highest BCUT2D eigenvalue weighted by Gasteiger charge is 2.17. The topological polar surface area (TPSA) is 58.2 Å². The highest BCUT2D eigenvalue weighted by atomic mass is 35.5. The normalized spacial score (nSPS) is 10.4. The third kappa shape index (κ3) is 4.18. The fourth-order valence-electron chi connectivity index (χ4n) is 1.76.